The number of thioether (sulfide) groups is 1. The summed E-state index contributed by atoms with van der Waals surface area (Å²) in [6, 6.07) is 6.16. The van der Waals surface area contributed by atoms with Gasteiger partial charge in [0, 0.05) is 31.0 Å². The van der Waals surface area contributed by atoms with Gasteiger partial charge >= 0.3 is 0 Å². The predicted molar refractivity (Wildman–Crippen MR) is 118 cm³/mol. The van der Waals surface area contributed by atoms with Crippen LogP contribution in [0.15, 0.2) is 29.4 Å². The molecule has 0 aromatic carbocycles. The lowest BCUT2D eigenvalue weighted by Crippen LogP contribution is -2.47. The van der Waals surface area contributed by atoms with Crippen LogP contribution in [0, 0.1) is 17.8 Å². The van der Waals surface area contributed by atoms with Crippen molar-refractivity contribution in [2.24, 2.45) is 22.7 Å². The molecular weight excluding hydrogens is 396 g/mol. The predicted octanol–water partition coefficient (Wildman–Crippen LogP) is 3.03. The molecule has 3 heterocycles. The maximum atomic E-state index is 12.9. The summed E-state index contributed by atoms with van der Waals surface area (Å²) in [6.45, 7) is 3.46. The molecule has 0 radical (unpaired) electrons. The van der Waals surface area contributed by atoms with Crippen molar-refractivity contribution in [2.75, 3.05) is 13.1 Å². The number of rotatable bonds is 4. The first-order chi connectivity index (χ1) is 14.5. The molecule has 0 spiro atoms. The maximum Gasteiger partial charge on any atom is 0.264 e. The Morgan fingerprint density at radius 3 is 2.73 bits per heavy atom. The monoisotopic (exact) mass is 426 g/mol. The van der Waals surface area contributed by atoms with Crippen LogP contribution < -0.4 is 5.32 Å². The van der Waals surface area contributed by atoms with E-state index < -0.39 is 4.75 Å². The molecule has 7 heteroatoms. The molecule has 4 atom stereocenters. The average molecular weight is 427 g/mol. The molecule has 1 N–H and O–H groups in total. The van der Waals surface area contributed by atoms with Gasteiger partial charge in [0.1, 0.15) is 4.75 Å². The Labute approximate surface area is 182 Å². The van der Waals surface area contributed by atoms with Gasteiger partial charge in [-0.25, -0.2) is 0 Å². The zero-order valence-electron chi connectivity index (χ0n) is 17.5. The molecule has 2 saturated carbocycles. The quantitative estimate of drug-likeness (QED) is 0.801. The summed E-state index contributed by atoms with van der Waals surface area (Å²) in [7, 11) is 0. The van der Waals surface area contributed by atoms with Crippen LogP contribution >= 0.6 is 11.8 Å². The molecule has 4 aliphatic rings. The Morgan fingerprint density at radius 2 is 2.07 bits per heavy atom. The van der Waals surface area contributed by atoms with Crippen LogP contribution in [-0.2, 0) is 16.0 Å². The van der Waals surface area contributed by atoms with Crippen LogP contribution in [0.2, 0.25) is 0 Å². The third-order valence-electron chi connectivity index (χ3n) is 7.67. The fourth-order valence-electron chi connectivity index (χ4n) is 5.82. The maximum absolute atomic E-state index is 12.9. The van der Waals surface area contributed by atoms with E-state index in [-0.39, 0.29) is 17.7 Å². The number of amidine groups is 1. The first-order valence-electron chi connectivity index (χ1n) is 11.3. The van der Waals surface area contributed by atoms with Crippen molar-refractivity contribution in [1.82, 2.24) is 15.2 Å². The first-order valence-corrected chi connectivity index (χ1v) is 12.1. The molecule has 3 fully saturated rings. The molecule has 5 rings (SSSR count). The van der Waals surface area contributed by atoms with E-state index in [4.69, 9.17) is 0 Å². The van der Waals surface area contributed by atoms with E-state index in [0.717, 1.165) is 35.5 Å². The van der Waals surface area contributed by atoms with Crippen LogP contribution in [0.4, 0.5) is 0 Å². The largest absolute Gasteiger partial charge is 0.361 e. The van der Waals surface area contributed by atoms with E-state index in [0.29, 0.717) is 25.6 Å². The Kier molecular flexibility index (Phi) is 5.33. The first kappa shape index (κ1) is 20.0. The molecule has 2 bridgehead atoms. The lowest BCUT2D eigenvalue weighted by molar-refractivity contribution is -0.132. The standard InChI is InChI=1S/C23H30N4O2S/c1-23(21(29)26-22(30-23)25-19-13-15-5-6-16(19)12-15)17-7-10-27(11-8-17)20(28)14-18-4-2-3-9-24-18/h2-4,9,15-17,19H,5-8,10-14H2,1H3,(H,25,26,29)/t15-,16+,19+,23?/m1/s1. The topological polar surface area (TPSA) is 74.7 Å². The van der Waals surface area contributed by atoms with Gasteiger partial charge in [-0.1, -0.05) is 24.2 Å². The number of hydrogen-bond donors (Lipinski definition) is 1. The van der Waals surface area contributed by atoms with Gasteiger partial charge in [-0.15, -0.1) is 0 Å². The van der Waals surface area contributed by atoms with E-state index in [1.54, 1.807) is 18.0 Å². The molecule has 6 nitrogen and oxygen atoms in total. The van der Waals surface area contributed by atoms with E-state index in [2.05, 4.69) is 22.2 Å². The van der Waals surface area contributed by atoms with Crippen molar-refractivity contribution in [3.63, 3.8) is 0 Å². The number of piperidine rings is 1. The Balaban J connectivity index is 1.15. The number of nitrogens with zero attached hydrogens (tertiary/aromatic N) is 3. The van der Waals surface area contributed by atoms with Gasteiger partial charge < -0.3 is 10.2 Å². The molecule has 1 aromatic heterocycles. The smallest absolute Gasteiger partial charge is 0.264 e. The third-order valence-corrected chi connectivity index (χ3v) is 9.00. The van der Waals surface area contributed by atoms with Crippen LogP contribution in [0.25, 0.3) is 0 Å². The van der Waals surface area contributed by atoms with Gasteiger partial charge in [-0.05, 0) is 68.9 Å². The number of nitrogens with one attached hydrogen (secondary N) is 1. The number of fused-ring (bicyclic) bond motifs is 2. The number of amides is 2. The van der Waals surface area contributed by atoms with Gasteiger partial charge in [0.2, 0.25) is 5.91 Å². The lowest BCUT2D eigenvalue weighted by Gasteiger charge is -2.38. The van der Waals surface area contributed by atoms with E-state index in [1.807, 2.05) is 23.1 Å². The number of likely N-dealkylation sites (tertiary alicyclic amines) is 1. The number of aromatic nitrogens is 1. The summed E-state index contributed by atoms with van der Waals surface area (Å²) in [4.78, 5) is 36.1. The van der Waals surface area contributed by atoms with Crippen LogP contribution in [-0.4, -0.2) is 50.7 Å². The number of carbonyl (C=O) groups is 2. The fourth-order valence-corrected chi connectivity index (χ4v) is 7.10. The Bertz CT molecular complexity index is 852. The summed E-state index contributed by atoms with van der Waals surface area (Å²) in [5, 5.41) is 4.44. The Morgan fingerprint density at radius 1 is 1.23 bits per heavy atom. The van der Waals surface area contributed by atoms with Gasteiger partial charge in [0.25, 0.3) is 5.91 Å². The zero-order chi connectivity index (χ0) is 20.7. The van der Waals surface area contributed by atoms with Crippen molar-refractivity contribution in [3.8, 4) is 0 Å². The number of carbonyl (C=O) groups excluding carboxylic acids is 2. The Hall–Kier alpha value is -1.89. The molecule has 2 amide bonds. The number of aliphatic imine (C=N–C) groups is 1. The summed E-state index contributed by atoms with van der Waals surface area (Å²) >= 11 is 1.63. The minimum Gasteiger partial charge on any atom is -0.361 e. The average Bonchev–Trinajstić information content (AvgIpc) is 3.44. The summed E-state index contributed by atoms with van der Waals surface area (Å²) in [5.41, 5.74) is 0.808. The third kappa shape index (κ3) is 3.77. The van der Waals surface area contributed by atoms with Crippen molar-refractivity contribution in [3.05, 3.63) is 30.1 Å². The minimum absolute atomic E-state index is 0.00332. The number of pyridine rings is 1. The van der Waals surface area contributed by atoms with Gasteiger partial charge in [-0.2, -0.15) is 4.99 Å². The molecule has 2 aliphatic carbocycles. The SMILES string of the molecule is CC1(C2CCN(C(=O)Cc3ccccn3)CC2)SC(N[C@H]2C[C@@H]3CC[C@H]2C3)=NC1=O. The highest BCUT2D eigenvalue weighted by molar-refractivity contribution is 8.16. The van der Waals surface area contributed by atoms with E-state index >= 15 is 0 Å². The van der Waals surface area contributed by atoms with Crippen LogP contribution in [0.5, 0.6) is 0 Å². The van der Waals surface area contributed by atoms with E-state index in [9.17, 15) is 9.59 Å². The molecular formula is C23H30N4O2S. The molecule has 160 valence electrons. The van der Waals surface area contributed by atoms with E-state index in [1.165, 1.54) is 25.7 Å². The highest BCUT2D eigenvalue weighted by Crippen LogP contribution is 2.47. The molecule has 1 aromatic rings. The van der Waals surface area contributed by atoms with Crippen LogP contribution in [0.1, 0.15) is 51.1 Å². The highest BCUT2D eigenvalue weighted by atomic mass is 32.2. The van der Waals surface area contributed by atoms with Crippen molar-refractivity contribution >= 4 is 28.7 Å². The van der Waals surface area contributed by atoms with Gasteiger partial charge in [-0.3, -0.25) is 14.6 Å². The van der Waals surface area contributed by atoms with Crippen molar-refractivity contribution in [2.45, 2.75) is 62.7 Å². The summed E-state index contributed by atoms with van der Waals surface area (Å²) in [5.74, 6) is 1.99. The van der Waals surface area contributed by atoms with Crippen molar-refractivity contribution < 1.29 is 9.59 Å². The van der Waals surface area contributed by atoms with Crippen molar-refractivity contribution in [1.29, 1.82) is 0 Å². The normalized spacial score (nSPS) is 33.8. The second kappa shape index (κ2) is 7.98. The highest BCUT2D eigenvalue weighted by Gasteiger charge is 2.49. The minimum atomic E-state index is -0.504. The number of hydrogen-bond acceptors (Lipinski definition) is 5. The van der Waals surface area contributed by atoms with Gasteiger partial charge in [0.15, 0.2) is 5.17 Å². The molecule has 1 saturated heterocycles. The second-order valence-electron chi connectivity index (χ2n) is 9.51. The zero-order valence-corrected chi connectivity index (χ0v) is 18.4. The fraction of sp³-hybridized carbons (Fsp3) is 0.652. The van der Waals surface area contributed by atoms with Crippen LogP contribution in [0.3, 0.4) is 0 Å². The molecule has 2 aliphatic heterocycles. The summed E-state index contributed by atoms with van der Waals surface area (Å²) < 4.78 is -0.504. The second-order valence-corrected chi connectivity index (χ2v) is 10.9. The summed E-state index contributed by atoms with van der Waals surface area (Å²) in [6.07, 6.45) is 9.02. The lowest BCUT2D eigenvalue weighted by atomic mass is 9.84. The molecule has 30 heavy (non-hydrogen) atoms. The molecule has 1 unspecified atom stereocenters. The van der Waals surface area contributed by atoms with Gasteiger partial charge in [0.05, 0.1) is 6.42 Å².